The average molecular weight is 296 g/mol. The van der Waals surface area contributed by atoms with Crippen LogP contribution in [0.2, 0.25) is 5.02 Å². The van der Waals surface area contributed by atoms with Gasteiger partial charge in [-0.1, -0.05) is 23.7 Å². The van der Waals surface area contributed by atoms with Gasteiger partial charge >= 0.3 is 0 Å². The maximum absolute atomic E-state index is 12.0. The van der Waals surface area contributed by atoms with Crippen LogP contribution >= 0.6 is 11.6 Å². The minimum atomic E-state index is 0.195. The van der Waals surface area contributed by atoms with Gasteiger partial charge < -0.3 is 10.2 Å². The molecule has 0 aliphatic carbocycles. The Morgan fingerprint density at radius 1 is 1.40 bits per heavy atom. The zero-order valence-corrected chi connectivity index (χ0v) is 13.0. The molecule has 0 saturated carbocycles. The lowest BCUT2D eigenvalue weighted by molar-refractivity contribution is -0.919. The van der Waals surface area contributed by atoms with E-state index < -0.39 is 0 Å². The second kappa shape index (κ2) is 7.09. The summed E-state index contributed by atoms with van der Waals surface area (Å²) in [5.41, 5.74) is 1.28. The molecular formula is C16H24ClN2O+. The summed E-state index contributed by atoms with van der Waals surface area (Å²) in [5.74, 6) is 0.419. The quantitative estimate of drug-likeness (QED) is 0.870. The van der Waals surface area contributed by atoms with Crippen molar-refractivity contribution in [3.63, 3.8) is 0 Å². The second-order valence-corrected chi connectivity index (χ2v) is 6.43. The fourth-order valence-electron chi connectivity index (χ4n) is 2.80. The van der Waals surface area contributed by atoms with Crippen molar-refractivity contribution in [2.24, 2.45) is 5.92 Å². The molecule has 2 N–H and O–H groups in total. The lowest BCUT2D eigenvalue weighted by Gasteiger charge is -2.29. The summed E-state index contributed by atoms with van der Waals surface area (Å²) >= 11 is 6.01. The minimum Gasteiger partial charge on any atom is -0.354 e. The summed E-state index contributed by atoms with van der Waals surface area (Å²) < 4.78 is 0. The zero-order chi connectivity index (χ0) is 14.5. The van der Waals surface area contributed by atoms with Crippen LogP contribution in [0.15, 0.2) is 24.3 Å². The van der Waals surface area contributed by atoms with Crippen molar-refractivity contribution >= 4 is 17.5 Å². The molecule has 1 aromatic carbocycles. The largest absolute Gasteiger partial charge is 0.354 e. The lowest BCUT2D eigenvalue weighted by Crippen LogP contribution is -3.11. The first-order valence-electron chi connectivity index (χ1n) is 7.43. The Morgan fingerprint density at radius 3 is 2.70 bits per heavy atom. The number of quaternary nitrogens is 1. The standard InChI is InChI=1S/C16H23ClN2O/c1-12(2)18-16(20)14-6-8-19(9-7-14)11-13-4-3-5-15(17)10-13/h3-5,10,12,14H,6-9,11H2,1-2H3,(H,18,20)/p+1. The van der Waals surface area contributed by atoms with Crippen molar-refractivity contribution < 1.29 is 9.69 Å². The number of carbonyl (C=O) groups excluding carboxylic acids is 1. The van der Waals surface area contributed by atoms with E-state index in [-0.39, 0.29) is 17.9 Å². The molecule has 2 rings (SSSR count). The van der Waals surface area contributed by atoms with Gasteiger partial charge in [-0.3, -0.25) is 4.79 Å². The van der Waals surface area contributed by atoms with E-state index in [1.807, 2.05) is 32.0 Å². The molecule has 0 bridgehead atoms. The molecule has 1 saturated heterocycles. The first kappa shape index (κ1) is 15.3. The van der Waals surface area contributed by atoms with Crippen LogP contribution in [0.1, 0.15) is 32.3 Å². The maximum Gasteiger partial charge on any atom is 0.223 e. The van der Waals surface area contributed by atoms with E-state index in [2.05, 4.69) is 11.4 Å². The van der Waals surface area contributed by atoms with Crippen LogP contribution < -0.4 is 10.2 Å². The molecule has 0 spiro atoms. The number of benzene rings is 1. The van der Waals surface area contributed by atoms with Crippen LogP contribution in [0.5, 0.6) is 0 Å². The molecule has 1 aromatic rings. The molecule has 1 heterocycles. The highest BCUT2D eigenvalue weighted by Crippen LogP contribution is 2.12. The molecule has 3 nitrogen and oxygen atoms in total. The fraction of sp³-hybridized carbons (Fsp3) is 0.562. The number of halogens is 1. The predicted octanol–water partition coefficient (Wildman–Crippen LogP) is 1.66. The molecule has 0 aromatic heterocycles. The van der Waals surface area contributed by atoms with Gasteiger partial charge in [0.05, 0.1) is 13.1 Å². The van der Waals surface area contributed by atoms with E-state index in [0.717, 1.165) is 37.5 Å². The van der Waals surface area contributed by atoms with E-state index in [1.165, 1.54) is 5.56 Å². The molecule has 1 fully saturated rings. The summed E-state index contributed by atoms with van der Waals surface area (Å²) in [6.07, 6.45) is 1.96. The van der Waals surface area contributed by atoms with Crippen molar-refractivity contribution in [3.05, 3.63) is 34.9 Å². The third kappa shape index (κ3) is 4.50. The van der Waals surface area contributed by atoms with E-state index in [4.69, 9.17) is 11.6 Å². The summed E-state index contributed by atoms with van der Waals surface area (Å²) in [6, 6.07) is 8.30. The third-order valence-corrected chi connectivity index (χ3v) is 4.07. The normalized spacial score (nSPS) is 22.8. The van der Waals surface area contributed by atoms with Crippen LogP contribution in [0.3, 0.4) is 0 Å². The van der Waals surface area contributed by atoms with Crippen molar-refractivity contribution in [1.29, 1.82) is 0 Å². The van der Waals surface area contributed by atoms with Gasteiger partial charge in [-0.05, 0) is 26.0 Å². The predicted molar refractivity (Wildman–Crippen MR) is 81.9 cm³/mol. The number of nitrogens with one attached hydrogen (secondary N) is 2. The summed E-state index contributed by atoms with van der Waals surface area (Å²) in [5, 5.41) is 3.82. The summed E-state index contributed by atoms with van der Waals surface area (Å²) in [6.45, 7) is 7.14. The van der Waals surface area contributed by atoms with Gasteiger partial charge in [0.15, 0.2) is 0 Å². The number of hydrogen-bond acceptors (Lipinski definition) is 1. The third-order valence-electron chi connectivity index (χ3n) is 3.84. The van der Waals surface area contributed by atoms with Crippen molar-refractivity contribution in [3.8, 4) is 0 Å². The highest BCUT2D eigenvalue weighted by atomic mass is 35.5. The molecule has 1 amide bonds. The number of hydrogen-bond donors (Lipinski definition) is 2. The van der Waals surface area contributed by atoms with Crippen LogP contribution in [-0.4, -0.2) is 25.0 Å². The summed E-state index contributed by atoms with van der Waals surface area (Å²) in [4.78, 5) is 13.5. The molecule has 0 atom stereocenters. The average Bonchev–Trinajstić information content (AvgIpc) is 2.38. The number of carbonyl (C=O) groups is 1. The molecular weight excluding hydrogens is 272 g/mol. The number of rotatable bonds is 4. The Hall–Kier alpha value is -1.06. The van der Waals surface area contributed by atoms with Gasteiger partial charge in [0.2, 0.25) is 5.91 Å². The zero-order valence-electron chi connectivity index (χ0n) is 12.3. The number of likely N-dealkylation sites (tertiary alicyclic amines) is 1. The Labute approximate surface area is 126 Å². The van der Waals surface area contributed by atoms with Crippen LogP contribution in [-0.2, 0) is 11.3 Å². The Morgan fingerprint density at radius 2 is 2.10 bits per heavy atom. The first-order chi connectivity index (χ1) is 9.54. The minimum absolute atomic E-state index is 0.195. The van der Waals surface area contributed by atoms with Crippen LogP contribution in [0, 0.1) is 5.92 Å². The highest BCUT2D eigenvalue weighted by molar-refractivity contribution is 6.30. The van der Waals surface area contributed by atoms with E-state index in [1.54, 1.807) is 4.90 Å². The SMILES string of the molecule is CC(C)NC(=O)C1CC[NH+](Cc2cccc(Cl)c2)CC1. The van der Waals surface area contributed by atoms with E-state index in [0.29, 0.717) is 0 Å². The fourth-order valence-corrected chi connectivity index (χ4v) is 3.02. The Kier molecular flexibility index (Phi) is 5.44. The maximum atomic E-state index is 12.0. The topological polar surface area (TPSA) is 33.5 Å². The molecule has 0 unspecified atom stereocenters. The van der Waals surface area contributed by atoms with Crippen molar-refractivity contribution in [1.82, 2.24) is 5.32 Å². The first-order valence-corrected chi connectivity index (χ1v) is 7.81. The number of amides is 1. The molecule has 110 valence electrons. The Bertz CT molecular complexity index is 454. The van der Waals surface area contributed by atoms with Gasteiger partial charge in [0, 0.05) is 35.4 Å². The number of piperidine rings is 1. The van der Waals surface area contributed by atoms with Gasteiger partial charge in [-0.2, -0.15) is 0 Å². The van der Waals surface area contributed by atoms with Crippen molar-refractivity contribution in [2.45, 2.75) is 39.3 Å². The van der Waals surface area contributed by atoms with E-state index in [9.17, 15) is 4.79 Å². The molecule has 1 aliphatic rings. The van der Waals surface area contributed by atoms with Gasteiger partial charge in [0.1, 0.15) is 6.54 Å². The van der Waals surface area contributed by atoms with Gasteiger partial charge in [0.25, 0.3) is 0 Å². The molecule has 1 aliphatic heterocycles. The molecule has 0 radical (unpaired) electrons. The van der Waals surface area contributed by atoms with E-state index >= 15 is 0 Å². The lowest BCUT2D eigenvalue weighted by atomic mass is 9.95. The van der Waals surface area contributed by atoms with Crippen molar-refractivity contribution in [2.75, 3.05) is 13.1 Å². The van der Waals surface area contributed by atoms with Crippen LogP contribution in [0.4, 0.5) is 0 Å². The highest BCUT2D eigenvalue weighted by Gasteiger charge is 2.27. The Balaban J connectivity index is 1.81. The summed E-state index contributed by atoms with van der Waals surface area (Å²) in [7, 11) is 0. The molecule has 4 heteroatoms. The molecule has 20 heavy (non-hydrogen) atoms. The second-order valence-electron chi connectivity index (χ2n) is 5.99. The smallest absolute Gasteiger partial charge is 0.223 e. The monoisotopic (exact) mass is 295 g/mol. The van der Waals surface area contributed by atoms with Crippen LogP contribution in [0.25, 0.3) is 0 Å². The van der Waals surface area contributed by atoms with Gasteiger partial charge in [-0.25, -0.2) is 0 Å². The van der Waals surface area contributed by atoms with Gasteiger partial charge in [-0.15, -0.1) is 0 Å².